The highest BCUT2D eigenvalue weighted by Gasteiger charge is 2.85. The first-order valence-electron chi connectivity index (χ1n) is 20.6. The second-order valence-electron chi connectivity index (χ2n) is 20.2. The molecule has 17 atom stereocenters. The number of methoxy groups -OCH3 is 7. The molecule has 2 aliphatic heterocycles. The van der Waals surface area contributed by atoms with Crippen LogP contribution in [0.2, 0.25) is 0 Å². The predicted octanol–water partition coefficient (Wildman–Crippen LogP) is 6.84. The van der Waals surface area contributed by atoms with E-state index in [0.717, 1.165) is 32.1 Å². The van der Waals surface area contributed by atoms with Gasteiger partial charge in [-0.2, -0.15) is 0 Å². The third-order valence-corrected chi connectivity index (χ3v) is 17.8. The number of rotatable bonds is 12. The number of hydrogen-bond donors (Lipinski definition) is 0. The van der Waals surface area contributed by atoms with Crippen molar-refractivity contribution in [2.75, 3.05) is 56.4 Å². The van der Waals surface area contributed by atoms with E-state index in [0.29, 0.717) is 18.4 Å². The number of hydrogen-bond acceptors (Lipinski definition) is 10. The summed E-state index contributed by atoms with van der Waals surface area (Å²) in [6, 6.07) is 0. The molecular formula is C43H74O10. The summed E-state index contributed by atoms with van der Waals surface area (Å²) in [5.41, 5.74) is -0.216. The van der Waals surface area contributed by atoms with Crippen molar-refractivity contribution in [1.82, 2.24) is 0 Å². The lowest BCUT2D eigenvalue weighted by Gasteiger charge is -2.65. The Kier molecular flexibility index (Phi) is 10.7. The maximum Gasteiger partial charge on any atom is 0.187 e. The first kappa shape index (κ1) is 40.8. The Labute approximate surface area is 320 Å². The van der Waals surface area contributed by atoms with Crippen molar-refractivity contribution in [1.29, 1.82) is 0 Å². The van der Waals surface area contributed by atoms with Crippen molar-refractivity contribution in [2.24, 2.45) is 44.8 Å². The van der Waals surface area contributed by atoms with Gasteiger partial charge in [-0.15, -0.1) is 0 Å². The molecule has 0 aromatic carbocycles. The summed E-state index contributed by atoms with van der Waals surface area (Å²) in [6.07, 6.45) is 8.06. The molecule has 4 unspecified atom stereocenters. The maximum atomic E-state index is 7.50. The summed E-state index contributed by atoms with van der Waals surface area (Å²) >= 11 is 0. The van der Waals surface area contributed by atoms with Crippen molar-refractivity contribution in [3.05, 3.63) is 0 Å². The molecule has 7 aliphatic rings. The second-order valence-corrected chi connectivity index (χ2v) is 20.2. The molecule has 306 valence electrons. The molecule has 53 heavy (non-hydrogen) atoms. The van der Waals surface area contributed by atoms with Gasteiger partial charge in [0.2, 0.25) is 0 Å². The lowest BCUT2D eigenvalue weighted by Crippen LogP contribution is -2.65. The summed E-state index contributed by atoms with van der Waals surface area (Å²) < 4.78 is 64.2. The number of fused-ring (bicyclic) bond motifs is 2. The number of ether oxygens (including phenoxy) is 10. The summed E-state index contributed by atoms with van der Waals surface area (Å²) in [5.74, 6) is 1.05. The monoisotopic (exact) mass is 751 g/mol. The largest absolute Gasteiger partial charge is 0.382 e. The van der Waals surface area contributed by atoms with Gasteiger partial charge in [0, 0.05) is 55.7 Å². The van der Waals surface area contributed by atoms with Crippen LogP contribution in [0.4, 0.5) is 0 Å². The van der Waals surface area contributed by atoms with Gasteiger partial charge in [-0.25, -0.2) is 0 Å². The third kappa shape index (κ3) is 5.60. The lowest BCUT2D eigenvalue weighted by atomic mass is 9.41. The Balaban J connectivity index is 1.28. The van der Waals surface area contributed by atoms with E-state index in [1.165, 1.54) is 25.7 Å². The summed E-state index contributed by atoms with van der Waals surface area (Å²) in [4.78, 5) is 0. The zero-order valence-corrected chi connectivity index (χ0v) is 35.6. The molecule has 0 aromatic rings. The normalized spacial score (nSPS) is 53.1. The van der Waals surface area contributed by atoms with E-state index in [-0.39, 0.29) is 86.9 Å². The summed E-state index contributed by atoms with van der Waals surface area (Å²) in [7, 11) is 12.5. The highest BCUT2D eigenvalue weighted by atomic mass is 16.7. The quantitative estimate of drug-likeness (QED) is 0.198. The van der Waals surface area contributed by atoms with Crippen molar-refractivity contribution in [3.63, 3.8) is 0 Å². The predicted molar refractivity (Wildman–Crippen MR) is 201 cm³/mol. The van der Waals surface area contributed by atoms with Crippen LogP contribution in [0.25, 0.3) is 0 Å². The minimum absolute atomic E-state index is 0.0255. The Morgan fingerprint density at radius 3 is 1.98 bits per heavy atom. The minimum atomic E-state index is -0.638. The molecule has 5 aliphatic carbocycles. The molecule has 10 heteroatoms. The van der Waals surface area contributed by atoms with Crippen LogP contribution < -0.4 is 0 Å². The molecule has 0 N–H and O–H groups in total. The Bertz CT molecular complexity index is 1330. The highest BCUT2D eigenvalue weighted by molar-refractivity contribution is 5.33. The van der Waals surface area contributed by atoms with Gasteiger partial charge < -0.3 is 47.4 Å². The van der Waals surface area contributed by atoms with E-state index in [1.54, 1.807) is 28.4 Å². The fraction of sp³-hybridized carbons (Fsp3) is 1.00. The van der Waals surface area contributed by atoms with Gasteiger partial charge in [-0.3, -0.25) is 0 Å². The zero-order chi connectivity index (χ0) is 38.6. The van der Waals surface area contributed by atoms with Crippen molar-refractivity contribution in [3.8, 4) is 0 Å². The van der Waals surface area contributed by atoms with Gasteiger partial charge >= 0.3 is 0 Å². The lowest BCUT2D eigenvalue weighted by molar-refractivity contribution is -0.339. The van der Waals surface area contributed by atoms with Gasteiger partial charge in [0.15, 0.2) is 6.29 Å². The first-order chi connectivity index (χ1) is 25.0. The standard InChI is InChI=1S/C43H74O10/c1-37(2)29(46-10)16-18-43-24-42(43)20-19-39(5)35(41(7)17-15-30(53-41)38(3,4)50-14)26(45-9)22-40(39,6)28(42)21-25(34(37)43)51-36-33(49-13)32(48-12)31(47-11)27(52-36)23-44-8/h25-36H,15-24H2,1-14H3/t25?,26-,27+,28-,29?,30-,31+,32-,33?,34-,35-,36+,39+,40-,41+,42?,43+/m0/s1. The van der Waals surface area contributed by atoms with E-state index >= 15 is 0 Å². The van der Waals surface area contributed by atoms with Crippen molar-refractivity contribution < 1.29 is 47.4 Å². The van der Waals surface area contributed by atoms with Gasteiger partial charge in [0.1, 0.15) is 24.4 Å². The molecule has 0 bridgehead atoms. The van der Waals surface area contributed by atoms with Gasteiger partial charge in [-0.1, -0.05) is 27.7 Å². The van der Waals surface area contributed by atoms with E-state index in [9.17, 15) is 0 Å². The second kappa shape index (κ2) is 13.9. The van der Waals surface area contributed by atoms with Crippen LogP contribution in [0.15, 0.2) is 0 Å². The first-order valence-corrected chi connectivity index (χ1v) is 20.6. The van der Waals surface area contributed by atoms with E-state index in [4.69, 9.17) is 47.4 Å². The molecule has 0 radical (unpaired) electrons. The topological polar surface area (TPSA) is 92.3 Å². The average Bonchev–Trinajstić information content (AvgIpc) is 3.46. The van der Waals surface area contributed by atoms with Crippen LogP contribution in [0.1, 0.15) is 106 Å². The smallest absolute Gasteiger partial charge is 0.187 e. The van der Waals surface area contributed by atoms with E-state index in [1.807, 2.05) is 21.3 Å². The SMILES string of the molecule is COC[C@H]1O[C@@H](OC2C[C@@H]3C4(CC[C@]5(C)[C@@H]([C@@]6(C)CC[C@@H](C(C)(C)OC)O6)[C@@H](OC)C[C@@]35C)C[C@@]43CCC(OC)C(C)(C)[C@H]23)C(OC)[C@@H](OC)[C@@H]1OC. The zero-order valence-electron chi connectivity index (χ0n) is 35.6. The molecule has 5 saturated carbocycles. The van der Waals surface area contributed by atoms with Crippen LogP contribution >= 0.6 is 0 Å². The molecule has 7 rings (SSSR count). The molecule has 7 fully saturated rings. The van der Waals surface area contributed by atoms with E-state index in [2.05, 4.69) is 48.5 Å². The third-order valence-electron chi connectivity index (χ3n) is 17.8. The van der Waals surface area contributed by atoms with Gasteiger partial charge in [0.05, 0.1) is 42.2 Å². The molecule has 0 aromatic heterocycles. The molecule has 0 amide bonds. The Hall–Kier alpha value is -0.400. The van der Waals surface area contributed by atoms with Gasteiger partial charge in [-0.05, 0) is 117 Å². The Morgan fingerprint density at radius 2 is 1.38 bits per heavy atom. The maximum absolute atomic E-state index is 7.50. The van der Waals surface area contributed by atoms with Crippen molar-refractivity contribution >= 4 is 0 Å². The van der Waals surface area contributed by atoms with E-state index < -0.39 is 12.4 Å². The van der Waals surface area contributed by atoms with Crippen molar-refractivity contribution in [2.45, 2.75) is 173 Å². The highest BCUT2D eigenvalue weighted by Crippen LogP contribution is 2.89. The fourth-order valence-electron chi connectivity index (χ4n) is 15.2. The molecule has 2 spiro atoms. The fourth-order valence-corrected chi connectivity index (χ4v) is 15.2. The molecule has 10 nitrogen and oxygen atoms in total. The van der Waals surface area contributed by atoms with Crippen LogP contribution in [-0.4, -0.2) is 123 Å². The van der Waals surface area contributed by atoms with Crippen LogP contribution in [0.3, 0.4) is 0 Å². The minimum Gasteiger partial charge on any atom is -0.382 e. The molecule has 2 saturated heterocycles. The molecular weight excluding hydrogens is 676 g/mol. The van der Waals surface area contributed by atoms with Crippen LogP contribution in [-0.2, 0) is 47.4 Å². The average molecular weight is 751 g/mol. The van der Waals surface area contributed by atoms with Gasteiger partial charge in [0.25, 0.3) is 0 Å². The molecule has 2 heterocycles. The van der Waals surface area contributed by atoms with Crippen LogP contribution in [0.5, 0.6) is 0 Å². The van der Waals surface area contributed by atoms with Crippen LogP contribution in [0, 0.1) is 44.8 Å². The summed E-state index contributed by atoms with van der Waals surface area (Å²) in [6.45, 7) is 17.2. The Morgan fingerprint density at radius 1 is 0.679 bits per heavy atom. The summed E-state index contributed by atoms with van der Waals surface area (Å²) in [5, 5.41) is 0.